The fourth-order valence-corrected chi connectivity index (χ4v) is 3.21. The molecule has 2 rings (SSSR count). The summed E-state index contributed by atoms with van der Waals surface area (Å²) in [6.45, 7) is 14.4. The van der Waals surface area contributed by atoms with Crippen molar-refractivity contribution in [2.75, 3.05) is 32.8 Å². The normalized spacial score (nSPS) is 31.6. The first-order valence-corrected chi connectivity index (χ1v) is 8.06. The van der Waals surface area contributed by atoms with Gasteiger partial charge in [-0.25, -0.2) is 0 Å². The van der Waals surface area contributed by atoms with Crippen molar-refractivity contribution in [2.24, 2.45) is 5.92 Å². The molecule has 1 unspecified atom stereocenters. The van der Waals surface area contributed by atoms with Gasteiger partial charge in [-0.05, 0) is 46.0 Å². The van der Waals surface area contributed by atoms with Gasteiger partial charge in [0.05, 0.1) is 6.61 Å². The Morgan fingerprint density at radius 2 is 1.95 bits per heavy atom. The van der Waals surface area contributed by atoms with Crippen molar-refractivity contribution in [3.8, 4) is 0 Å². The van der Waals surface area contributed by atoms with Gasteiger partial charge in [0.2, 0.25) is 0 Å². The van der Waals surface area contributed by atoms with E-state index in [0.717, 1.165) is 38.8 Å². The predicted octanol–water partition coefficient (Wildman–Crippen LogP) is 2.66. The topological polar surface area (TPSA) is 24.5 Å². The number of hydrogen-bond acceptors (Lipinski definition) is 3. The van der Waals surface area contributed by atoms with Gasteiger partial charge in [-0.15, -0.1) is 0 Å². The Hall–Kier alpha value is -0.120. The molecule has 0 amide bonds. The van der Waals surface area contributed by atoms with Crippen molar-refractivity contribution in [3.05, 3.63) is 0 Å². The molecule has 19 heavy (non-hydrogen) atoms. The molecule has 0 bridgehead atoms. The van der Waals surface area contributed by atoms with Crippen LogP contribution in [0.25, 0.3) is 0 Å². The first-order valence-electron chi connectivity index (χ1n) is 8.06. The highest BCUT2D eigenvalue weighted by molar-refractivity contribution is 5.06. The minimum atomic E-state index is 0.234. The van der Waals surface area contributed by atoms with Crippen LogP contribution >= 0.6 is 0 Å². The fourth-order valence-electron chi connectivity index (χ4n) is 3.21. The van der Waals surface area contributed by atoms with Crippen LogP contribution < -0.4 is 5.32 Å². The Morgan fingerprint density at radius 3 is 2.58 bits per heavy atom. The van der Waals surface area contributed by atoms with Gasteiger partial charge < -0.3 is 10.1 Å². The highest BCUT2D eigenvalue weighted by atomic mass is 16.5. The number of ether oxygens (including phenoxy) is 1. The summed E-state index contributed by atoms with van der Waals surface area (Å²) in [7, 11) is 0. The summed E-state index contributed by atoms with van der Waals surface area (Å²) in [5, 5.41) is 3.73. The van der Waals surface area contributed by atoms with E-state index in [-0.39, 0.29) is 5.54 Å². The largest absolute Gasteiger partial charge is 0.380 e. The van der Waals surface area contributed by atoms with E-state index in [1.807, 2.05) is 0 Å². The zero-order valence-electron chi connectivity index (χ0n) is 13.3. The average molecular weight is 268 g/mol. The van der Waals surface area contributed by atoms with Gasteiger partial charge in [-0.3, -0.25) is 4.90 Å². The van der Waals surface area contributed by atoms with Crippen molar-refractivity contribution < 1.29 is 4.74 Å². The molecule has 112 valence electrons. The van der Waals surface area contributed by atoms with Crippen molar-refractivity contribution in [1.82, 2.24) is 10.2 Å². The van der Waals surface area contributed by atoms with Gasteiger partial charge in [-0.1, -0.05) is 13.3 Å². The van der Waals surface area contributed by atoms with Gasteiger partial charge in [-0.2, -0.15) is 0 Å². The highest BCUT2D eigenvalue weighted by Crippen LogP contribution is 2.44. The summed E-state index contributed by atoms with van der Waals surface area (Å²) in [6, 6.07) is 0. The van der Waals surface area contributed by atoms with E-state index in [0.29, 0.717) is 5.54 Å². The predicted molar refractivity (Wildman–Crippen MR) is 80.5 cm³/mol. The molecule has 1 N–H and O–H groups in total. The molecule has 1 aliphatic carbocycles. The zero-order chi connectivity index (χ0) is 13.9. The van der Waals surface area contributed by atoms with E-state index in [4.69, 9.17) is 4.74 Å². The number of rotatable bonds is 7. The van der Waals surface area contributed by atoms with Crippen LogP contribution in [0.2, 0.25) is 0 Å². The lowest BCUT2D eigenvalue weighted by Crippen LogP contribution is -2.68. The summed E-state index contributed by atoms with van der Waals surface area (Å²) in [5.74, 6) is 0.895. The minimum Gasteiger partial charge on any atom is -0.380 e. The molecule has 3 heteroatoms. The lowest BCUT2D eigenvalue weighted by Gasteiger charge is -2.51. The molecule has 0 radical (unpaired) electrons. The molecule has 1 saturated heterocycles. The zero-order valence-corrected chi connectivity index (χ0v) is 13.3. The number of unbranched alkanes of at least 4 members (excludes halogenated alkanes) is 1. The van der Waals surface area contributed by atoms with E-state index >= 15 is 0 Å². The molecule has 1 heterocycles. The maximum Gasteiger partial charge on any atom is 0.0593 e. The van der Waals surface area contributed by atoms with Crippen LogP contribution in [0.4, 0.5) is 0 Å². The van der Waals surface area contributed by atoms with Crippen molar-refractivity contribution in [3.63, 3.8) is 0 Å². The van der Waals surface area contributed by atoms with Crippen LogP contribution in [-0.2, 0) is 4.74 Å². The molecule has 1 atom stereocenters. The van der Waals surface area contributed by atoms with Gasteiger partial charge in [0, 0.05) is 37.3 Å². The maximum absolute atomic E-state index is 5.78. The fraction of sp³-hybridized carbons (Fsp3) is 1.00. The van der Waals surface area contributed by atoms with E-state index in [1.165, 1.54) is 25.7 Å². The molecule has 0 spiro atoms. The monoisotopic (exact) mass is 268 g/mol. The second-order valence-electron chi connectivity index (χ2n) is 7.26. The van der Waals surface area contributed by atoms with Gasteiger partial charge >= 0.3 is 0 Å². The number of nitrogens with zero attached hydrogens (tertiary/aromatic N) is 1. The lowest BCUT2D eigenvalue weighted by molar-refractivity contribution is -0.0104. The van der Waals surface area contributed by atoms with E-state index in [9.17, 15) is 0 Å². The van der Waals surface area contributed by atoms with Crippen LogP contribution in [0.1, 0.15) is 53.4 Å². The van der Waals surface area contributed by atoms with Crippen LogP contribution in [0, 0.1) is 5.92 Å². The van der Waals surface area contributed by atoms with Crippen LogP contribution in [0.5, 0.6) is 0 Å². The Labute approximate surface area is 119 Å². The number of nitrogens with one attached hydrogen (secondary N) is 1. The third-order valence-electron chi connectivity index (χ3n) is 4.84. The summed E-state index contributed by atoms with van der Waals surface area (Å²) in [6.07, 6.45) is 5.23. The molecular weight excluding hydrogens is 236 g/mol. The Kier molecular flexibility index (Phi) is 4.91. The third kappa shape index (κ3) is 3.93. The van der Waals surface area contributed by atoms with Crippen molar-refractivity contribution >= 4 is 0 Å². The van der Waals surface area contributed by atoms with E-state index in [2.05, 4.69) is 37.9 Å². The SMILES string of the molecule is CCCCOCCN1CC(C)(C)NCC1(C)C1CC1. The molecule has 0 aromatic heterocycles. The van der Waals surface area contributed by atoms with Crippen LogP contribution in [0.15, 0.2) is 0 Å². The van der Waals surface area contributed by atoms with E-state index in [1.54, 1.807) is 0 Å². The number of piperazine rings is 1. The van der Waals surface area contributed by atoms with Gasteiger partial charge in [0.1, 0.15) is 0 Å². The quantitative estimate of drug-likeness (QED) is 0.718. The standard InChI is InChI=1S/C16H32N2O/c1-5-6-10-19-11-9-18-13-15(2,3)17-12-16(18,4)14-7-8-14/h14,17H,5-13H2,1-4H3. The number of hydrogen-bond donors (Lipinski definition) is 1. The Balaban J connectivity index is 1.85. The Morgan fingerprint density at radius 1 is 1.21 bits per heavy atom. The van der Waals surface area contributed by atoms with Gasteiger partial charge in [0.15, 0.2) is 0 Å². The highest BCUT2D eigenvalue weighted by Gasteiger charge is 2.49. The first-order chi connectivity index (χ1) is 8.98. The summed E-state index contributed by atoms with van der Waals surface area (Å²) in [5.41, 5.74) is 0.585. The molecule has 1 aliphatic heterocycles. The van der Waals surface area contributed by atoms with Crippen LogP contribution in [-0.4, -0.2) is 48.8 Å². The summed E-state index contributed by atoms with van der Waals surface area (Å²) in [4.78, 5) is 2.69. The molecule has 1 saturated carbocycles. The smallest absolute Gasteiger partial charge is 0.0593 e. The Bertz CT molecular complexity index is 288. The molecule has 2 fully saturated rings. The lowest BCUT2D eigenvalue weighted by atomic mass is 9.86. The molecule has 2 aliphatic rings. The summed E-state index contributed by atoms with van der Waals surface area (Å²) < 4.78 is 5.78. The van der Waals surface area contributed by atoms with Crippen LogP contribution in [0.3, 0.4) is 0 Å². The molecule has 3 nitrogen and oxygen atoms in total. The second-order valence-corrected chi connectivity index (χ2v) is 7.26. The van der Waals surface area contributed by atoms with E-state index < -0.39 is 0 Å². The molecular formula is C16H32N2O. The van der Waals surface area contributed by atoms with Crippen molar-refractivity contribution in [1.29, 1.82) is 0 Å². The molecule has 0 aromatic rings. The second kappa shape index (κ2) is 6.11. The van der Waals surface area contributed by atoms with Gasteiger partial charge in [0.25, 0.3) is 0 Å². The molecule has 0 aromatic carbocycles. The third-order valence-corrected chi connectivity index (χ3v) is 4.84. The average Bonchev–Trinajstić information content (AvgIpc) is 3.18. The first kappa shape index (κ1) is 15.3. The minimum absolute atomic E-state index is 0.234. The van der Waals surface area contributed by atoms with Crippen molar-refractivity contribution in [2.45, 2.75) is 64.5 Å². The maximum atomic E-state index is 5.78. The summed E-state index contributed by atoms with van der Waals surface area (Å²) >= 11 is 0.